The third-order valence-corrected chi connectivity index (χ3v) is 2.84. The maximum absolute atomic E-state index is 12.8. The zero-order valence-corrected chi connectivity index (χ0v) is 10.5. The van der Waals surface area contributed by atoms with E-state index < -0.39 is 11.8 Å². The standard InChI is InChI=1S/C13H14ClFO3/c14-11-8-9(15)6-7-10(11)12(16)4-2-1-3-5-13(17)18/h6-8H,1-5H2,(H,17,18). The van der Waals surface area contributed by atoms with Crippen molar-refractivity contribution >= 4 is 23.4 Å². The van der Waals surface area contributed by atoms with Crippen LogP contribution in [-0.2, 0) is 4.79 Å². The van der Waals surface area contributed by atoms with E-state index in [2.05, 4.69) is 0 Å². The van der Waals surface area contributed by atoms with Gasteiger partial charge in [-0.3, -0.25) is 9.59 Å². The van der Waals surface area contributed by atoms with Crippen LogP contribution in [0.2, 0.25) is 5.02 Å². The molecule has 1 N–H and O–H groups in total. The van der Waals surface area contributed by atoms with Crippen molar-refractivity contribution in [3.63, 3.8) is 0 Å². The minimum absolute atomic E-state index is 0.116. The second-order valence-electron chi connectivity index (χ2n) is 4.00. The summed E-state index contributed by atoms with van der Waals surface area (Å²) in [6.45, 7) is 0. The molecule has 0 aliphatic carbocycles. The Morgan fingerprint density at radius 1 is 1.17 bits per heavy atom. The van der Waals surface area contributed by atoms with Crippen molar-refractivity contribution in [3.05, 3.63) is 34.6 Å². The third-order valence-electron chi connectivity index (χ3n) is 2.53. The number of carbonyl (C=O) groups excluding carboxylic acids is 1. The van der Waals surface area contributed by atoms with Gasteiger partial charge in [-0.15, -0.1) is 0 Å². The largest absolute Gasteiger partial charge is 0.481 e. The number of carbonyl (C=O) groups is 2. The van der Waals surface area contributed by atoms with Crippen LogP contribution in [0.5, 0.6) is 0 Å². The first-order valence-corrected chi connectivity index (χ1v) is 6.08. The number of unbranched alkanes of at least 4 members (excludes halogenated alkanes) is 2. The molecule has 0 amide bonds. The lowest BCUT2D eigenvalue weighted by Crippen LogP contribution is -2.01. The number of hydrogen-bond acceptors (Lipinski definition) is 2. The van der Waals surface area contributed by atoms with Gasteiger partial charge in [0.15, 0.2) is 5.78 Å². The molecule has 1 rings (SSSR count). The minimum Gasteiger partial charge on any atom is -0.481 e. The number of hydrogen-bond donors (Lipinski definition) is 1. The summed E-state index contributed by atoms with van der Waals surface area (Å²) in [6, 6.07) is 3.68. The molecule has 0 aliphatic rings. The lowest BCUT2D eigenvalue weighted by molar-refractivity contribution is -0.137. The van der Waals surface area contributed by atoms with Crippen LogP contribution >= 0.6 is 11.6 Å². The molecule has 0 atom stereocenters. The SMILES string of the molecule is O=C(O)CCCCCC(=O)c1ccc(F)cc1Cl. The number of carboxylic acids is 1. The molecule has 0 bridgehead atoms. The molecule has 0 saturated carbocycles. The van der Waals surface area contributed by atoms with Crippen LogP contribution in [0.25, 0.3) is 0 Å². The van der Waals surface area contributed by atoms with E-state index in [1.54, 1.807) is 0 Å². The van der Waals surface area contributed by atoms with E-state index in [0.717, 1.165) is 6.07 Å². The van der Waals surface area contributed by atoms with E-state index in [0.29, 0.717) is 31.2 Å². The van der Waals surface area contributed by atoms with Crippen LogP contribution in [0.15, 0.2) is 18.2 Å². The van der Waals surface area contributed by atoms with Gasteiger partial charge in [0.1, 0.15) is 5.82 Å². The Morgan fingerprint density at radius 2 is 1.83 bits per heavy atom. The lowest BCUT2D eigenvalue weighted by Gasteiger charge is -2.03. The zero-order valence-electron chi connectivity index (χ0n) is 9.79. The number of Topliss-reactive ketones (excluding diaryl/α,β-unsaturated/α-hetero) is 1. The van der Waals surface area contributed by atoms with E-state index in [9.17, 15) is 14.0 Å². The Bertz CT molecular complexity index is 446. The third kappa shape index (κ3) is 4.84. The van der Waals surface area contributed by atoms with Gasteiger partial charge in [-0.25, -0.2) is 4.39 Å². The molecule has 0 saturated heterocycles. The van der Waals surface area contributed by atoms with Gasteiger partial charge in [0.2, 0.25) is 0 Å². The molecule has 18 heavy (non-hydrogen) atoms. The number of benzene rings is 1. The fourth-order valence-corrected chi connectivity index (χ4v) is 1.86. The van der Waals surface area contributed by atoms with Crippen LogP contribution in [-0.4, -0.2) is 16.9 Å². The maximum atomic E-state index is 12.8. The Labute approximate surface area is 110 Å². The van der Waals surface area contributed by atoms with Crippen molar-refractivity contribution in [1.82, 2.24) is 0 Å². The maximum Gasteiger partial charge on any atom is 0.303 e. The lowest BCUT2D eigenvalue weighted by atomic mass is 10.0. The molecule has 1 aromatic rings. The van der Waals surface area contributed by atoms with Crippen LogP contribution in [0.4, 0.5) is 4.39 Å². The first-order chi connectivity index (χ1) is 8.50. The normalized spacial score (nSPS) is 10.3. The molecule has 3 nitrogen and oxygen atoms in total. The summed E-state index contributed by atoms with van der Waals surface area (Å²) in [6.07, 6.45) is 2.26. The summed E-state index contributed by atoms with van der Waals surface area (Å²) in [7, 11) is 0. The van der Waals surface area contributed by atoms with Crippen molar-refractivity contribution < 1.29 is 19.1 Å². The van der Waals surface area contributed by atoms with Crippen LogP contribution in [0.1, 0.15) is 42.5 Å². The Hall–Kier alpha value is -1.42. The molecular formula is C13H14ClFO3. The first-order valence-electron chi connectivity index (χ1n) is 5.70. The highest BCUT2D eigenvalue weighted by Gasteiger charge is 2.10. The molecule has 0 unspecified atom stereocenters. The van der Waals surface area contributed by atoms with Crippen molar-refractivity contribution in [1.29, 1.82) is 0 Å². The smallest absolute Gasteiger partial charge is 0.303 e. The molecule has 1 aromatic carbocycles. The van der Waals surface area contributed by atoms with Crippen LogP contribution < -0.4 is 0 Å². The average Bonchev–Trinajstić information content (AvgIpc) is 2.27. The van der Waals surface area contributed by atoms with Crippen molar-refractivity contribution in [2.75, 3.05) is 0 Å². The van der Waals surface area contributed by atoms with Crippen molar-refractivity contribution in [2.45, 2.75) is 32.1 Å². The molecule has 98 valence electrons. The van der Waals surface area contributed by atoms with E-state index in [4.69, 9.17) is 16.7 Å². The van der Waals surface area contributed by atoms with Crippen LogP contribution in [0.3, 0.4) is 0 Å². The summed E-state index contributed by atoms with van der Waals surface area (Å²) in [5, 5.41) is 8.56. The van der Waals surface area contributed by atoms with E-state index in [1.165, 1.54) is 12.1 Å². The van der Waals surface area contributed by atoms with Crippen LogP contribution in [0, 0.1) is 5.82 Å². The summed E-state index contributed by atoms with van der Waals surface area (Å²) in [5.41, 5.74) is 0.316. The summed E-state index contributed by atoms with van der Waals surface area (Å²) < 4.78 is 12.8. The quantitative estimate of drug-likeness (QED) is 0.608. The summed E-state index contributed by atoms with van der Waals surface area (Å²) >= 11 is 5.77. The van der Waals surface area contributed by atoms with Gasteiger partial charge >= 0.3 is 5.97 Å². The first kappa shape index (κ1) is 14.6. The summed E-state index contributed by atoms with van der Waals surface area (Å²) in [5.74, 6) is -1.45. The Balaban J connectivity index is 2.39. The molecule has 0 heterocycles. The van der Waals surface area contributed by atoms with Gasteiger partial charge in [0.25, 0.3) is 0 Å². The zero-order chi connectivity index (χ0) is 13.5. The van der Waals surface area contributed by atoms with E-state index >= 15 is 0 Å². The van der Waals surface area contributed by atoms with Gasteiger partial charge in [-0.05, 0) is 31.0 Å². The Morgan fingerprint density at radius 3 is 2.44 bits per heavy atom. The van der Waals surface area contributed by atoms with Gasteiger partial charge in [-0.2, -0.15) is 0 Å². The predicted octanol–water partition coefficient (Wildman–Crippen LogP) is 3.70. The monoisotopic (exact) mass is 272 g/mol. The molecule has 0 aromatic heterocycles. The molecule has 0 aliphatic heterocycles. The highest BCUT2D eigenvalue weighted by atomic mass is 35.5. The van der Waals surface area contributed by atoms with E-state index in [1.807, 2.05) is 0 Å². The molecule has 0 radical (unpaired) electrons. The van der Waals surface area contributed by atoms with E-state index in [-0.39, 0.29) is 17.2 Å². The Kier molecular flexibility index (Phi) is 5.78. The predicted molar refractivity (Wildman–Crippen MR) is 66.5 cm³/mol. The summed E-state index contributed by atoms with van der Waals surface area (Å²) in [4.78, 5) is 22.0. The van der Waals surface area contributed by atoms with Gasteiger partial charge in [0, 0.05) is 18.4 Å². The number of ketones is 1. The molecule has 0 spiro atoms. The molecule has 5 heteroatoms. The van der Waals surface area contributed by atoms with Gasteiger partial charge in [0.05, 0.1) is 5.02 Å². The number of aliphatic carboxylic acids is 1. The van der Waals surface area contributed by atoms with Gasteiger partial charge in [-0.1, -0.05) is 18.0 Å². The second kappa shape index (κ2) is 7.11. The second-order valence-corrected chi connectivity index (χ2v) is 4.41. The fourth-order valence-electron chi connectivity index (χ4n) is 1.59. The number of halogens is 2. The van der Waals surface area contributed by atoms with Gasteiger partial charge < -0.3 is 5.11 Å². The van der Waals surface area contributed by atoms with Crippen molar-refractivity contribution in [2.24, 2.45) is 0 Å². The molecular weight excluding hydrogens is 259 g/mol. The average molecular weight is 273 g/mol. The highest BCUT2D eigenvalue weighted by Crippen LogP contribution is 2.20. The molecule has 0 fully saturated rings. The fraction of sp³-hybridized carbons (Fsp3) is 0.385. The topological polar surface area (TPSA) is 54.4 Å². The minimum atomic E-state index is -0.831. The van der Waals surface area contributed by atoms with Crippen molar-refractivity contribution in [3.8, 4) is 0 Å². The highest BCUT2D eigenvalue weighted by molar-refractivity contribution is 6.33. The number of rotatable bonds is 7. The number of carboxylic acid groups (broad SMARTS) is 1.